The van der Waals surface area contributed by atoms with Gasteiger partial charge in [-0.2, -0.15) is 0 Å². The molecule has 1 rings (SSSR count). The van der Waals surface area contributed by atoms with Crippen molar-refractivity contribution in [1.29, 1.82) is 0 Å². The highest BCUT2D eigenvalue weighted by atomic mass is 16.5. The normalized spacial score (nSPS) is 10.1. The Balaban J connectivity index is 2.21. The SMILES string of the molecule is Nc1ccccc1OCCOCCO. The van der Waals surface area contributed by atoms with Gasteiger partial charge in [0.1, 0.15) is 12.4 Å². The van der Waals surface area contributed by atoms with Crippen molar-refractivity contribution in [1.82, 2.24) is 0 Å². The van der Waals surface area contributed by atoms with Gasteiger partial charge in [-0.1, -0.05) is 12.1 Å². The number of anilines is 1. The van der Waals surface area contributed by atoms with E-state index < -0.39 is 0 Å². The zero-order chi connectivity index (χ0) is 10.2. The van der Waals surface area contributed by atoms with Crippen LogP contribution in [0.5, 0.6) is 5.75 Å². The third-order valence-electron chi connectivity index (χ3n) is 1.64. The average Bonchev–Trinajstić information content (AvgIpc) is 2.20. The highest BCUT2D eigenvalue weighted by molar-refractivity contribution is 5.51. The summed E-state index contributed by atoms with van der Waals surface area (Å²) in [6.07, 6.45) is 0. The fourth-order valence-electron chi connectivity index (χ4n) is 0.989. The van der Waals surface area contributed by atoms with E-state index >= 15 is 0 Å². The predicted molar refractivity (Wildman–Crippen MR) is 54.3 cm³/mol. The summed E-state index contributed by atoms with van der Waals surface area (Å²) in [5, 5.41) is 8.44. The van der Waals surface area contributed by atoms with E-state index in [0.717, 1.165) is 0 Å². The van der Waals surface area contributed by atoms with Crippen LogP contribution in [0.1, 0.15) is 0 Å². The lowest BCUT2D eigenvalue weighted by Crippen LogP contribution is -2.09. The number of aliphatic hydroxyl groups is 1. The van der Waals surface area contributed by atoms with E-state index in [9.17, 15) is 0 Å². The largest absolute Gasteiger partial charge is 0.489 e. The maximum Gasteiger partial charge on any atom is 0.142 e. The molecule has 0 atom stereocenters. The molecule has 0 spiro atoms. The quantitative estimate of drug-likeness (QED) is 0.519. The molecule has 0 aliphatic rings. The van der Waals surface area contributed by atoms with Gasteiger partial charge in [-0.05, 0) is 12.1 Å². The van der Waals surface area contributed by atoms with Crippen molar-refractivity contribution in [3.8, 4) is 5.75 Å². The molecule has 78 valence electrons. The van der Waals surface area contributed by atoms with Crippen molar-refractivity contribution < 1.29 is 14.6 Å². The standard InChI is InChI=1S/C10H15NO3/c11-9-3-1-2-4-10(9)14-8-7-13-6-5-12/h1-4,12H,5-8,11H2. The van der Waals surface area contributed by atoms with Crippen LogP contribution in [0.25, 0.3) is 0 Å². The van der Waals surface area contributed by atoms with E-state index in [2.05, 4.69) is 0 Å². The van der Waals surface area contributed by atoms with Gasteiger partial charge in [0, 0.05) is 0 Å². The van der Waals surface area contributed by atoms with Crippen molar-refractivity contribution in [3.63, 3.8) is 0 Å². The average molecular weight is 197 g/mol. The van der Waals surface area contributed by atoms with Gasteiger partial charge < -0.3 is 20.3 Å². The number of nitrogens with two attached hydrogens (primary N) is 1. The first-order valence-corrected chi connectivity index (χ1v) is 4.50. The Morgan fingerprint density at radius 1 is 1.14 bits per heavy atom. The van der Waals surface area contributed by atoms with Crippen molar-refractivity contribution in [2.45, 2.75) is 0 Å². The Labute approximate surface area is 83.3 Å². The molecule has 0 aromatic heterocycles. The van der Waals surface area contributed by atoms with Crippen LogP contribution < -0.4 is 10.5 Å². The van der Waals surface area contributed by atoms with Crippen LogP contribution in [0, 0.1) is 0 Å². The molecule has 0 aliphatic heterocycles. The second kappa shape index (κ2) is 6.23. The van der Waals surface area contributed by atoms with Crippen LogP contribution in [0.15, 0.2) is 24.3 Å². The van der Waals surface area contributed by atoms with Crippen LogP contribution in [0.2, 0.25) is 0 Å². The van der Waals surface area contributed by atoms with Crippen molar-refractivity contribution >= 4 is 5.69 Å². The Morgan fingerprint density at radius 3 is 2.64 bits per heavy atom. The van der Waals surface area contributed by atoms with E-state index in [0.29, 0.717) is 31.3 Å². The van der Waals surface area contributed by atoms with Crippen molar-refractivity contribution in [3.05, 3.63) is 24.3 Å². The van der Waals surface area contributed by atoms with Gasteiger partial charge in [0.15, 0.2) is 0 Å². The highest BCUT2D eigenvalue weighted by Crippen LogP contribution is 2.19. The first-order chi connectivity index (χ1) is 6.84. The molecule has 0 amide bonds. The summed E-state index contributed by atoms with van der Waals surface area (Å²) >= 11 is 0. The smallest absolute Gasteiger partial charge is 0.142 e. The third kappa shape index (κ3) is 3.64. The number of rotatable bonds is 6. The summed E-state index contributed by atoms with van der Waals surface area (Å²) in [6.45, 7) is 1.27. The van der Waals surface area contributed by atoms with E-state index in [1.165, 1.54) is 0 Å². The zero-order valence-electron chi connectivity index (χ0n) is 7.98. The molecule has 3 N–H and O–H groups in total. The summed E-state index contributed by atoms with van der Waals surface area (Å²) in [7, 11) is 0. The lowest BCUT2D eigenvalue weighted by Gasteiger charge is -2.08. The Kier molecular flexibility index (Phi) is 4.82. The molecular formula is C10H15NO3. The molecule has 0 fully saturated rings. The maximum atomic E-state index is 8.44. The fraction of sp³-hybridized carbons (Fsp3) is 0.400. The van der Waals surface area contributed by atoms with Gasteiger partial charge in [-0.15, -0.1) is 0 Å². The lowest BCUT2D eigenvalue weighted by molar-refractivity contribution is 0.0707. The molecule has 1 aromatic rings. The minimum atomic E-state index is 0.0352. The number of aliphatic hydroxyl groups excluding tert-OH is 1. The molecule has 0 saturated heterocycles. The molecule has 0 aliphatic carbocycles. The molecule has 0 radical (unpaired) electrons. The summed E-state index contributed by atoms with van der Waals surface area (Å²) in [5.74, 6) is 0.667. The minimum Gasteiger partial charge on any atom is -0.489 e. The van der Waals surface area contributed by atoms with E-state index in [-0.39, 0.29) is 6.61 Å². The second-order valence-corrected chi connectivity index (χ2v) is 2.72. The summed E-state index contributed by atoms with van der Waals surface area (Å²) < 4.78 is 10.4. The number of para-hydroxylation sites is 2. The summed E-state index contributed by atoms with van der Waals surface area (Å²) in [5.41, 5.74) is 6.28. The van der Waals surface area contributed by atoms with E-state index in [1.807, 2.05) is 12.1 Å². The number of nitrogen functional groups attached to an aromatic ring is 1. The molecule has 4 heteroatoms. The van der Waals surface area contributed by atoms with Gasteiger partial charge in [0.05, 0.1) is 25.5 Å². The van der Waals surface area contributed by atoms with Gasteiger partial charge >= 0.3 is 0 Å². The first kappa shape index (κ1) is 10.8. The van der Waals surface area contributed by atoms with Gasteiger partial charge in [-0.25, -0.2) is 0 Å². The Bertz CT molecular complexity index is 265. The van der Waals surface area contributed by atoms with Crippen molar-refractivity contribution in [2.24, 2.45) is 0 Å². The summed E-state index contributed by atoms with van der Waals surface area (Å²) in [4.78, 5) is 0. The number of hydrogen-bond acceptors (Lipinski definition) is 4. The molecule has 1 aromatic carbocycles. The topological polar surface area (TPSA) is 64.7 Å². The molecule has 0 saturated carbocycles. The van der Waals surface area contributed by atoms with Crippen LogP contribution in [0.4, 0.5) is 5.69 Å². The monoisotopic (exact) mass is 197 g/mol. The van der Waals surface area contributed by atoms with E-state index in [1.54, 1.807) is 12.1 Å². The minimum absolute atomic E-state index is 0.0352. The van der Waals surface area contributed by atoms with Crippen LogP contribution in [0.3, 0.4) is 0 Å². The van der Waals surface area contributed by atoms with Crippen molar-refractivity contribution in [2.75, 3.05) is 32.2 Å². The number of ether oxygens (including phenoxy) is 2. The molecule has 0 heterocycles. The van der Waals surface area contributed by atoms with Gasteiger partial charge in [0.25, 0.3) is 0 Å². The maximum absolute atomic E-state index is 8.44. The zero-order valence-corrected chi connectivity index (χ0v) is 7.98. The molecule has 0 unspecified atom stereocenters. The molecule has 14 heavy (non-hydrogen) atoms. The highest BCUT2D eigenvalue weighted by Gasteiger charge is 1.97. The molecular weight excluding hydrogens is 182 g/mol. The first-order valence-electron chi connectivity index (χ1n) is 4.50. The second-order valence-electron chi connectivity index (χ2n) is 2.72. The van der Waals surface area contributed by atoms with Crippen LogP contribution in [-0.4, -0.2) is 31.5 Å². The Hall–Kier alpha value is -1.26. The lowest BCUT2D eigenvalue weighted by atomic mass is 10.3. The molecule has 0 bridgehead atoms. The van der Waals surface area contributed by atoms with Gasteiger partial charge in [0.2, 0.25) is 0 Å². The third-order valence-corrected chi connectivity index (χ3v) is 1.64. The number of benzene rings is 1. The Morgan fingerprint density at radius 2 is 1.93 bits per heavy atom. The van der Waals surface area contributed by atoms with E-state index in [4.69, 9.17) is 20.3 Å². The van der Waals surface area contributed by atoms with Gasteiger partial charge in [-0.3, -0.25) is 0 Å². The molecule has 4 nitrogen and oxygen atoms in total. The number of hydrogen-bond donors (Lipinski definition) is 2. The van der Waals surface area contributed by atoms with Crippen LogP contribution >= 0.6 is 0 Å². The fourth-order valence-corrected chi connectivity index (χ4v) is 0.989. The predicted octanol–water partition coefficient (Wildman–Crippen LogP) is 0.656. The van der Waals surface area contributed by atoms with Crippen LogP contribution in [-0.2, 0) is 4.74 Å². The summed E-state index contributed by atoms with van der Waals surface area (Å²) in [6, 6.07) is 7.30.